The van der Waals surface area contributed by atoms with Gasteiger partial charge < -0.3 is 11.1 Å². The molecular formula is C17H20N2O. The van der Waals surface area contributed by atoms with Crippen LogP contribution in [0.15, 0.2) is 30.3 Å². The zero-order valence-corrected chi connectivity index (χ0v) is 12.4. The first kappa shape index (κ1) is 14.1. The summed E-state index contributed by atoms with van der Waals surface area (Å²) in [6, 6.07) is 9.57. The molecule has 0 fully saturated rings. The Bertz CT molecular complexity index is 631. The molecule has 0 atom stereocenters. The third kappa shape index (κ3) is 2.99. The summed E-state index contributed by atoms with van der Waals surface area (Å²) >= 11 is 0. The molecule has 0 saturated carbocycles. The summed E-state index contributed by atoms with van der Waals surface area (Å²) in [6.45, 7) is 7.87. The number of rotatable bonds is 2. The van der Waals surface area contributed by atoms with Crippen LogP contribution in [0.5, 0.6) is 0 Å². The monoisotopic (exact) mass is 268 g/mol. The number of amides is 1. The van der Waals surface area contributed by atoms with Gasteiger partial charge in [-0.1, -0.05) is 17.2 Å². The van der Waals surface area contributed by atoms with Crippen LogP contribution in [0.2, 0.25) is 0 Å². The van der Waals surface area contributed by atoms with Crippen LogP contribution in [-0.4, -0.2) is 5.91 Å². The van der Waals surface area contributed by atoms with Crippen LogP contribution in [0.3, 0.4) is 0 Å². The van der Waals surface area contributed by atoms with Gasteiger partial charge in [0.05, 0.1) is 0 Å². The van der Waals surface area contributed by atoms with Gasteiger partial charge in [0.25, 0.3) is 5.91 Å². The van der Waals surface area contributed by atoms with E-state index in [0.717, 1.165) is 27.9 Å². The van der Waals surface area contributed by atoms with Gasteiger partial charge in [0.2, 0.25) is 0 Å². The molecule has 0 bridgehead atoms. The van der Waals surface area contributed by atoms with Crippen molar-refractivity contribution in [1.82, 2.24) is 0 Å². The Morgan fingerprint density at radius 3 is 1.90 bits per heavy atom. The van der Waals surface area contributed by atoms with Crippen molar-refractivity contribution in [1.29, 1.82) is 0 Å². The lowest BCUT2D eigenvalue weighted by Crippen LogP contribution is -2.14. The number of carbonyl (C=O) groups is 1. The Morgan fingerprint density at radius 1 is 0.900 bits per heavy atom. The Hall–Kier alpha value is -2.29. The van der Waals surface area contributed by atoms with Crippen LogP contribution in [0.25, 0.3) is 0 Å². The minimum atomic E-state index is -0.0900. The minimum absolute atomic E-state index is 0.0900. The summed E-state index contributed by atoms with van der Waals surface area (Å²) < 4.78 is 0. The fourth-order valence-electron chi connectivity index (χ4n) is 2.49. The number of nitrogens with two attached hydrogens (primary N) is 1. The summed E-state index contributed by atoms with van der Waals surface area (Å²) in [5, 5.41) is 2.98. The smallest absolute Gasteiger partial charge is 0.255 e. The van der Waals surface area contributed by atoms with E-state index in [1.165, 1.54) is 0 Å². The van der Waals surface area contributed by atoms with Crippen molar-refractivity contribution in [3.8, 4) is 0 Å². The molecule has 0 saturated heterocycles. The van der Waals surface area contributed by atoms with E-state index in [-0.39, 0.29) is 5.91 Å². The Labute approximate surface area is 119 Å². The number of carbonyl (C=O) groups excluding carboxylic acids is 1. The highest BCUT2D eigenvalue weighted by atomic mass is 16.1. The Balaban J connectivity index is 2.32. The molecular weight excluding hydrogens is 248 g/mol. The molecule has 0 spiro atoms. The quantitative estimate of drug-likeness (QED) is 0.815. The number of anilines is 2. The first-order valence-electron chi connectivity index (χ1n) is 6.63. The van der Waals surface area contributed by atoms with Crippen molar-refractivity contribution in [3.05, 3.63) is 58.1 Å². The molecule has 0 radical (unpaired) electrons. The number of nitrogen functional groups attached to an aromatic ring is 1. The standard InChI is InChI=1S/C17H20N2O/c1-10-5-11(2)7-14(6-10)17(20)19-16-12(3)8-15(18)9-13(16)4/h5-9H,18H2,1-4H3,(H,19,20). The van der Waals surface area contributed by atoms with Crippen molar-refractivity contribution in [2.45, 2.75) is 27.7 Å². The van der Waals surface area contributed by atoms with Gasteiger partial charge in [-0.3, -0.25) is 4.79 Å². The highest BCUT2D eigenvalue weighted by Crippen LogP contribution is 2.24. The lowest BCUT2D eigenvalue weighted by Gasteiger charge is -2.13. The van der Waals surface area contributed by atoms with Crippen molar-refractivity contribution in [2.75, 3.05) is 11.1 Å². The van der Waals surface area contributed by atoms with Gasteiger partial charge in [-0.2, -0.15) is 0 Å². The molecule has 1 amide bonds. The minimum Gasteiger partial charge on any atom is -0.399 e. The van der Waals surface area contributed by atoms with Gasteiger partial charge in [-0.05, 0) is 63.1 Å². The van der Waals surface area contributed by atoms with Gasteiger partial charge in [-0.15, -0.1) is 0 Å². The summed E-state index contributed by atoms with van der Waals surface area (Å²) in [4.78, 5) is 12.4. The molecule has 3 N–H and O–H groups in total. The molecule has 2 aromatic rings. The van der Waals surface area contributed by atoms with E-state index < -0.39 is 0 Å². The molecule has 0 aliphatic carbocycles. The molecule has 104 valence electrons. The molecule has 0 aliphatic heterocycles. The number of hydrogen-bond donors (Lipinski definition) is 2. The number of hydrogen-bond acceptors (Lipinski definition) is 2. The van der Waals surface area contributed by atoms with E-state index in [9.17, 15) is 4.79 Å². The van der Waals surface area contributed by atoms with E-state index in [4.69, 9.17) is 5.73 Å². The van der Waals surface area contributed by atoms with Crippen LogP contribution >= 0.6 is 0 Å². The van der Waals surface area contributed by atoms with E-state index >= 15 is 0 Å². The van der Waals surface area contributed by atoms with Gasteiger partial charge in [0.1, 0.15) is 0 Å². The third-order valence-corrected chi connectivity index (χ3v) is 3.28. The lowest BCUT2D eigenvalue weighted by molar-refractivity contribution is 0.102. The van der Waals surface area contributed by atoms with E-state index in [1.54, 1.807) is 0 Å². The first-order chi connectivity index (χ1) is 9.36. The average Bonchev–Trinajstić information content (AvgIpc) is 2.32. The molecule has 20 heavy (non-hydrogen) atoms. The second-order valence-corrected chi connectivity index (χ2v) is 5.36. The summed E-state index contributed by atoms with van der Waals surface area (Å²) in [5.74, 6) is -0.0900. The number of benzene rings is 2. The van der Waals surface area contributed by atoms with Crippen LogP contribution in [0.4, 0.5) is 11.4 Å². The molecule has 0 heterocycles. The van der Waals surface area contributed by atoms with Crippen LogP contribution in [0.1, 0.15) is 32.6 Å². The van der Waals surface area contributed by atoms with Crippen LogP contribution in [-0.2, 0) is 0 Å². The Morgan fingerprint density at radius 2 is 1.40 bits per heavy atom. The fourth-order valence-corrected chi connectivity index (χ4v) is 2.49. The van der Waals surface area contributed by atoms with Crippen molar-refractivity contribution < 1.29 is 4.79 Å². The third-order valence-electron chi connectivity index (χ3n) is 3.28. The summed E-state index contributed by atoms with van der Waals surface area (Å²) in [5.41, 5.74) is 12.1. The average molecular weight is 268 g/mol. The molecule has 0 aromatic heterocycles. The molecule has 3 heteroatoms. The summed E-state index contributed by atoms with van der Waals surface area (Å²) in [6.07, 6.45) is 0. The predicted molar refractivity (Wildman–Crippen MR) is 84.2 cm³/mol. The zero-order valence-electron chi connectivity index (χ0n) is 12.4. The topological polar surface area (TPSA) is 55.1 Å². The maximum Gasteiger partial charge on any atom is 0.255 e. The van der Waals surface area contributed by atoms with Crippen molar-refractivity contribution >= 4 is 17.3 Å². The summed E-state index contributed by atoms with van der Waals surface area (Å²) in [7, 11) is 0. The van der Waals surface area contributed by atoms with Crippen molar-refractivity contribution in [2.24, 2.45) is 0 Å². The van der Waals surface area contributed by atoms with Gasteiger partial charge in [0, 0.05) is 16.9 Å². The van der Waals surface area contributed by atoms with Gasteiger partial charge >= 0.3 is 0 Å². The normalized spacial score (nSPS) is 10.4. The first-order valence-corrected chi connectivity index (χ1v) is 6.63. The van der Waals surface area contributed by atoms with E-state index in [1.807, 2.05) is 52.0 Å². The highest BCUT2D eigenvalue weighted by Gasteiger charge is 2.11. The van der Waals surface area contributed by atoms with Gasteiger partial charge in [0.15, 0.2) is 0 Å². The maximum atomic E-state index is 12.4. The SMILES string of the molecule is Cc1cc(C)cc(C(=O)Nc2c(C)cc(N)cc2C)c1. The molecule has 0 unspecified atom stereocenters. The Kier molecular flexibility index (Phi) is 3.79. The highest BCUT2D eigenvalue weighted by molar-refractivity contribution is 6.05. The van der Waals surface area contributed by atoms with Gasteiger partial charge in [-0.25, -0.2) is 0 Å². The van der Waals surface area contributed by atoms with Crippen LogP contribution in [0, 0.1) is 27.7 Å². The number of aryl methyl sites for hydroxylation is 4. The van der Waals surface area contributed by atoms with E-state index in [2.05, 4.69) is 11.4 Å². The second-order valence-electron chi connectivity index (χ2n) is 5.36. The maximum absolute atomic E-state index is 12.4. The van der Waals surface area contributed by atoms with E-state index in [0.29, 0.717) is 11.3 Å². The number of nitrogens with one attached hydrogen (secondary N) is 1. The molecule has 2 rings (SSSR count). The molecule has 3 nitrogen and oxygen atoms in total. The predicted octanol–water partition coefficient (Wildman–Crippen LogP) is 3.75. The lowest BCUT2D eigenvalue weighted by atomic mass is 10.0. The second kappa shape index (κ2) is 5.37. The zero-order chi connectivity index (χ0) is 14.9. The fraction of sp³-hybridized carbons (Fsp3) is 0.235. The molecule has 0 aliphatic rings. The molecule has 2 aromatic carbocycles. The van der Waals surface area contributed by atoms with Crippen LogP contribution < -0.4 is 11.1 Å². The largest absolute Gasteiger partial charge is 0.399 e. The van der Waals surface area contributed by atoms with Crippen molar-refractivity contribution in [3.63, 3.8) is 0 Å².